The van der Waals surface area contributed by atoms with Crippen LogP contribution in [-0.2, 0) is 0 Å². The van der Waals surface area contributed by atoms with Crippen molar-refractivity contribution < 1.29 is 9.59 Å². The summed E-state index contributed by atoms with van der Waals surface area (Å²) in [4.78, 5) is 40.6. The number of amides is 3. The van der Waals surface area contributed by atoms with E-state index >= 15 is 0 Å². The van der Waals surface area contributed by atoms with Crippen molar-refractivity contribution in [2.75, 3.05) is 31.5 Å². The first kappa shape index (κ1) is 21.1. The van der Waals surface area contributed by atoms with Crippen LogP contribution in [0.15, 0.2) is 30.5 Å². The number of hydrogen-bond donors (Lipinski definition) is 2. The number of hydrogen-bond acceptors (Lipinski definition) is 4. The molecule has 4 rings (SSSR count). The third-order valence-electron chi connectivity index (χ3n) is 5.50. The van der Waals surface area contributed by atoms with E-state index in [-0.39, 0.29) is 11.9 Å². The van der Waals surface area contributed by atoms with Gasteiger partial charge in [0.05, 0.1) is 16.1 Å². The number of rotatable bonds is 5. The Bertz CT molecular complexity index is 1120. The number of fused-ring (bicyclic) bond motifs is 1. The lowest BCUT2D eigenvalue weighted by molar-refractivity contribution is 0.0772. The molecule has 1 saturated heterocycles. The number of urea groups is 1. The van der Waals surface area contributed by atoms with Crippen LogP contribution in [0.5, 0.6) is 0 Å². The highest BCUT2D eigenvalue weighted by Crippen LogP contribution is 2.30. The fourth-order valence-corrected chi connectivity index (χ4v) is 3.95. The standard InChI is InChI=1S/C22H25ClN6O2/c1-3-28(4-2)21(30)14-11-18-20(24-13-14)27-19(26-18)16-12-15(7-8-17(16)23)25-22(31)29-9-5-6-10-29/h7-8,11-13H,3-6,9-10H2,1-2H3,(H,25,31)(H,24,26,27). The number of likely N-dealkylation sites (tertiary alicyclic amines) is 1. The first-order valence-corrected chi connectivity index (χ1v) is 10.9. The van der Waals surface area contributed by atoms with Crippen LogP contribution in [0.3, 0.4) is 0 Å². The highest BCUT2D eigenvalue weighted by atomic mass is 35.5. The average molecular weight is 441 g/mol. The molecule has 1 aromatic carbocycles. The molecule has 0 spiro atoms. The first-order valence-electron chi connectivity index (χ1n) is 10.5. The molecule has 1 aliphatic heterocycles. The largest absolute Gasteiger partial charge is 0.339 e. The van der Waals surface area contributed by atoms with E-state index in [1.54, 1.807) is 40.3 Å². The van der Waals surface area contributed by atoms with Gasteiger partial charge in [-0.3, -0.25) is 4.79 Å². The topological polar surface area (TPSA) is 94.2 Å². The number of benzene rings is 1. The molecule has 0 bridgehead atoms. The zero-order valence-corrected chi connectivity index (χ0v) is 18.4. The van der Waals surface area contributed by atoms with Crippen LogP contribution in [0.4, 0.5) is 10.5 Å². The van der Waals surface area contributed by atoms with E-state index in [0.29, 0.717) is 51.9 Å². The van der Waals surface area contributed by atoms with Crippen LogP contribution in [0.2, 0.25) is 5.02 Å². The van der Waals surface area contributed by atoms with Gasteiger partial charge in [0.25, 0.3) is 5.91 Å². The Morgan fingerprint density at radius 2 is 1.94 bits per heavy atom. The molecule has 2 N–H and O–H groups in total. The Labute approximate surface area is 185 Å². The second-order valence-corrected chi connectivity index (χ2v) is 7.88. The molecule has 9 heteroatoms. The zero-order valence-electron chi connectivity index (χ0n) is 17.6. The maximum absolute atomic E-state index is 12.6. The molecule has 1 aliphatic rings. The number of H-pyrrole nitrogens is 1. The third kappa shape index (κ3) is 4.34. The number of halogens is 1. The molecule has 8 nitrogen and oxygen atoms in total. The summed E-state index contributed by atoms with van der Waals surface area (Å²) >= 11 is 6.42. The number of carbonyl (C=O) groups is 2. The average Bonchev–Trinajstić information content (AvgIpc) is 3.45. The van der Waals surface area contributed by atoms with Crippen molar-refractivity contribution in [2.45, 2.75) is 26.7 Å². The van der Waals surface area contributed by atoms with Gasteiger partial charge in [0, 0.05) is 43.6 Å². The van der Waals surface area contributed by atoms with Crippen molar-refractivity contribution in [3.63, 3.8) is 0 Å². The number of nitrogens with one attached hydrogen (secondary N) is 2. The number of carbonyl (C=O) groups excluding carboxylic acids is 2. The van der Waals surface area contributed by atoms with Gasteiger partial charge < -0.3 is 20.1 Å². The first-order chi connectivity index (χ1) is 15.0. The van der Waals surface area contributed by atoms with Crippen molar-refractivity contribution in [2.24, 2.45) is 0 Å². The normalized spacial score (nSPS) is 13.6. The second kappa shape index (κ2) is 8.93. The van der Waals surface area contributed by atoms with Crippen molar-refractivity contribution in [3.05, 3.63) is 41.0 Å². The van der Waals surface area contributed by atoms with E-state index in [9.17, 15) is 9.59 Å². The number of anilines is 1. The molecule has 0 radical (unpaired) electrons. The van der Waals surface area contributed by atoms with E-state index in [1.165, 1.54) is 0 Å². The fraction of sp³-hybridized carbons (Fsp3) is 0.364. The van der Waals surface area contributed by atoms with Crippen LogP contribution in [0.25, 0.3) is 22.6 Å². The number of aromatic amines is 1. The summed E-state index contributed by atoms with van der Waals surface area (Å²) in [5.41, 5.74) is 2.94. The summed E-state index contributed by atoms with van der Waals surface area (Å²) in [6.45, 7) is 6.70. The molecule has 0 unspecified atom stereocenters. The molecule has 2 aromatic heterocycles. The van der Waals surface area contributed by atoms with Gasteiger partial charge in [0.2, 0.25) is 0 Å². The van der Waals surface area contributed by atoms with Crippen LogP contribution >= 0.6 is 11.6 Å². The van der Waals surface area contributed by atoms with Gasteiger partial charge in [-0.1, -0.05) is 11.6 Å². The molecule has 3 aromatic rings. The molecule has 31 heavy (non-hydrogen) atoms. The van der Waals surface area contributed by atoms with Gasteiger partial charge in [-0.25, -0.2) is 14.8 Å². The van der Waals surface area contributed by atoms with Gasteiger partial charge in [-0.05, 0) is 51.0 Å². The lowest BCUT2D eigenvalue weighted by atomic mass is 10.2. The minimum absolute atomic E-state index is 0.0693. The molecule has 0 saturated carbocycles. The van der Waals surface area contributed by atoms with Crippen LogP contribution in [0.1, 0.15) is 37.0 Å². The molecule has 1 fully saturated rings. The second-order valence-electron chi connectivity index (χ2n) is 7.48. The summed E-state index contributed by atoms with van der Waals surface area (Å²) in [6.07, 6.45) is 3.61. The van der Waals surface area contributed by atoms with Crippen molar-refractivity contribution in [1.82, 2.24) is 24.8 Å². The molecule has 3 amide bonds. The summed E-state index contributed by atoms with van der Waals surface area (Å²) < 4.78 is 0. The van der Waals surface area contributed by atoms with Gasteiger partial charge in [0.15, 0.2) is 5.65 Å². The van der Waals surface area contributed by atoms with Crippen molar-refractivity contribution >= 4 is 40.4 Å². The molecular formula is C22H25ClN6O2. The zero-order chi connectivity index (χ0) is 22.0. The maximum Gasteiger partial charge on any atom is 0.321 e. The molecule has 0 atom stereocenters. The molecule has 3 heterocycles. The number of imidazole rings is 1. The highest BCUT2D eigenvalue weighted by Gasteiger charge is 2.19. The number of nitrogens with zero attached hydrogens (tertiary/aromatic N) is 4. The highest BCUT2D eigenvalue weighted by molar-refractivity contribution is 6.33. The third-order valence-corrected chi connectivity index (χ3v) is 5.83. The summed E-state index contributed by atoms with van der Waals surface area (Å²) in [5.74, 6) is 0.456. The molecular weight excluding hydrogens is 416 g/mol. The smallest absolute Gasteiger partial charge is 0.321 e. The van der Waals surface area contributed by atoms with Gasteiger partial charge in [-0.15, -0.1) is 0 Å². The predicted molar refractivity (Wildman–Crippen MR) is 121 cm³/mol. The Morgan fingerprint density at radius 1 is 1.19 bits per heavy atom. The SMILES string of the molecule is CCN(CC)C(=O)c1cnc2nc(-c3cc(NC(=O)N4CCCC4)ccc3Cl)[nH]c2c1. The van der Waals surface area contributed by atoms with E-state index in [2.05, 4.69) is 20.3 Å². The van der Waals surface area contributed by atoms with Gasteiger partial charge in [-0.2, -0.15) is 0 Å². The van der Waals surface area contributed by atoms with E-state index < -0.39 is 0 Å². The quantitative estimate of drug-likeness (QED) is 0.615. The maximum atomic E-state index is 12.6. The Balaban J connectivity index is 1.62. The minimum atomic E-state index is -0.114. The Kier molecular flexibility index (Phi) is 6.08. The summed E-state index contributed by atoms with van der Waals surface area (Å²) in [7, 11) is 0. The monoisotopic (exact) mass is 440 g/mol. The van der Waals surface area contributed by atoms with Gasteiger partial charge >= 0.3 is 6.03 Å². The summed E-state index contributed by atoms with van der Waals surface area (Å²) in [5, 5.41) is 3.42. The van der Waals surface area contributed by atoms with Crippen molar-refractivity contribution in [1.29, 1.82) is 0 Å². The number of pyridine rings is 1. The van der Waals surface area contributed by atoms with Crippen LogP contribution in [-0.4, -0.2) is 62.9 Å². The summed E-state index contributed by atoms with van der Waals surface area (Å²) in [6, 6.07) is 6.92. The molecule has 162 valence electrons. The van der Waals surface area contributed by atoms with Gasteiger partial charge in [0.1, 0.15) is 5.82 Å². The Hall–Kier alpha value is -3.13. The molecule has 0 aliphatic carbocycles. The van der Waals surface area contributed by atoms with E-state index in [4.69, 9.17) is 11.6 Å². The van der Waals surface area contributed by atoms with E-state index in [1.807, 2.05) is 13.8 Å². The fourth-order valence-electron chi connectivity index (χ4n) is 3.75. The van der Waals surface area contributed by atoms with Crippen LogP contribution in [0, 0.1) is 0 Å². The minimum Gasteiger partial charge on any atom is -0.339 e. The van der Waals surface area contributed by atoms with E-state index in [0.717, 1.165) is 25.9 Å². The van der Waals surface area contributed by atoms with Crippen molar-refractivity contribution in [3.8, 4) is 11.4 Å². The lowest BCUT2D eigenvalue weighted by Gasteiger charge is -2.18. The van der Waals surface area contributed by atoms with Crippen LogP contribution < -0.4 is 5.32 Å². The lowest BCUT2D eigenvalue weighted by Crippen LogP contribution is -2.32. The predicted octanol–water partition coefficient (Wildman–Crippen LogP) is 4.39. The Morgan fingerprint density at radius 3 is 2.65 bits per heavy atom. The number of aromatic nitrogens is 3.